The number of rotatable bonds is 1. The Morgan fingerprint density at radius 1 is 1.64 bits per heavy atom. The first-order valence-corrected chi connectivity index (χ1v) is 2.95. The summed E-state index contributed by atoms with van der Waals surface area (Å²) in [5.74, 6) is -1.58. The van der Waals surface area contributed by atoms with E-state index in [0.29, 0.717) is 0 Å². The summed E-state index contributed by atoms with van der Waals surface area (Å²) in [6.07, 6.45) is 0. The highest BCUT2D eigenvalue weighted by Gasteiger charge is 2.12. The summed E-state index contributed by atoms with van der Waals surface area (Å²) in [5, 5.41) is 9.77. The fraction of sp³-hybridized carbons (Fsp3) is 0. The van der Waals surface area contributed by atoms with Gasteiger partial charge in [0.15, 0.2) is 0 Å². The second-order valence-electron chi connectivity index (χ2n) is 1.70. The van der Waals surface area contributed by atoms with Crippen molar-refractivity contribution in [2.24, 2.45) is 0 Å². The Labute approximate surface area is 65.8 Å². The zero-order valence-electron chi connectivity index (χ0n) is 5.12. The number of halogens is 2. The zero-order valence-corrected chi connectivity index (χ0v) is 5.88. The lowest BCUT2D eigenvalue weighted by atomic mass is 10.5. The van der Waals surface area contributed by atoms with Crippen LogP contribution in [0.1, 0.15) is 0 Å². The molecule has 0 aromatic carbocycles. The molecule has 0 saturated heterocycles. The van der Waals surface area contributed by atoms with E-state index in [2.05, 4.69) is 4.98 Å². The molecule has 6 heteroatoms. The number of pyridine rings is 1. The summed E-state index contributed by atoms with van der Waals surface area (Å²) < 4.78 is 12.4. The molecule has 0 aliphatic heterocycles. The maximum absolute atomic E-state index is 12.4. The van der Waals surface area contributed by atoms with Gasteiger partial charge in [-0.1, -0.05) is 11.6 Å². The molecule has 0 N–H and O–H groups in total. The average molecular weight is 177 g/mol. The van der Waals surface area contributed by atoms with E-state index in [0.717, 1.165) is 12.1 Å². The number of hydrogen-bond donors (Lipinski definition) is 0. The van der Waals surface area contributed by atoms with Crippen molar-refractivity contribution >= 4 is 17.4 Å². The summed E-state index contributed by atoms with van der Waals surface area (Å²) in [6.45, 7) is 0. The first-order chi connectivity index (χ1) is 5.11. The highest BCUT2D eigenvalue weighted by Crippen LogP contribution is 2.15. The molecule has 0 aliphatic rings. The molecule has 0 atom stereocenters. The number of nitrogens with zero attached hydrogens (tertiary/aromatic N) is 2. The second-order valence-corrected chi connectivity index (χ2v) is 2.11. The maximum Gasteiger partial charge on any atom is 0.366 e. The van der Waals surface area contributed by atoms with Gasteiger partial charge in [-0.15, -0.1) is 0 Å². The van der Waals surface area contributed by atoms with Crippen LogP contribution < -0.4 is 0 Å². The van der Waals surface area contributed by atoms with Crippen LogP contribution in [0.3, 0.4) is 0 Å². The van der Waals surface area contributed by atoms with E-state index in [1.807, 2.05) is 0 Å². The third-order valence-electron chi connectivity index (χ3n) is 0.976. The molecule has 11 heavy (non-hydrogen) atoms. The summed E-state index contributed by atoms with van der Waals surface area (Å²) in [5.41, 5.74) is 0. The third-order valence-corrected chi connectivity index (χ3v) is 1.26. The molecule has 1 heterocycles. The number of aromatic nitrogens is 1. The van der Waals surface area contributed by atoms with Gasteiger partial charge in [-0.25, -0.2) is 0 Å². The van der Waals surface area contributed by atoms with E-state index < -0.39 is 16.7 Å². The van der Waals surface area contributed by atoms with E-state index in [1.54, 1.807) is 0 Å². The zero-order chi connectivity index (χ0) is 8.43. The van der Waals surface area contributed by atoms with Crippen LogP contribution in [0.2, 0.25) is 5.02 Å². The Morgan fingerprint density at radius 3 is 2.73 bits per heavy atom. The van der Waals surface area contributed by atoms with Gasteiger partial charge >= 0.3 is 11.8 Å². The molecular weight excluding hydrogens is 175 g/mol. The topological polar surface area (TPSA) is 56.0 Å². The average Bonchev–Trinajstić information content (AvgIpc) is 1.94. The van der Waals surface area contributed by atoms with Gasteiger partial charge in [0, 0.05) is 6.07 Å². The van der Waals surface area contributed by atoms with E-state index >= 15 is 0 Å². The summed E-state index contributed by atoms with van der Waals surface area (Å²) >= 11 is 5.23. The molecule has 1 aromatic heterocycles. The second kappa shape index (κ2) is 2.79. The highest BCUT2D eigenvalue weighted by molar-refractivity contribution is 6.30. The van der Waals surface area contributed by atoms with Gasteiger partial charge in [0.1, 0.15) is 5.02 Å². The number of hydrogen-bond acceptors (Lipinski definition) is 3. The molecule has 1 aromatic rings. The minimum absolute atomic E-state index is 0.226. The molecule has 0 spiro atoms. The first-order valence-electron chi connectivity index (χ1n) is 2.57. The summed E-state index contributed by atoms with van der Waals surface area (Å²) in [6, 6.07) is 2.12. The van der Waals surface area contributed by atoms with Crippen LogP contribution in [-0.2, 0) is 0 Å². The van der Waals surface area contributed by atoms with Gasteiger partial charge in [0.2, 0.25) is 0 Å². The van der Waals surface area contributed by atoms with Crippen LogP contribution in [0.25, 0.3) is 0 Å². The van der Waals surface area contributed by atoms with Gasteiger partial charge in [-0.2, -0.15) is 4.39 Å². The molecule has 0 radical (unpaired) electrons. The van der Waals surface area contributed by atoms with Crippen LogP contribution in [0.5, 0.6) is 0 Å². The van der Waals surface area contributed by atoms with Gasteiger partial charge in [0.05, 0.1) is 0 Å². The third kappa shape index (κ3) is 1.62. The molecule has 0 saturated carbocycles. The Kier molecular flexibility index (Phi) is 2.00. The smallest absolute Gasteiger partial charge is 0.358 e. The van der Waals surface area contributed by atoms with Gasteiger partial charge < -0.3 is 10.1 Å². The molecule has 0 aliphatic carbocycles. The van der Waals surface area contributed by atoms with Crippen molar-refractivity contribution in [1.82, 2.24) is 4.98 Å². The van der Waals surface area contributed by atoms with Gasteiger partial charge in [-0.3, -0.25) is 0 Å². The first kappa shape index (κ1) is 7.87. The Balaban J connectivity index is 3.15. The largest absolute Gasteiger partial charge is 0.366 e. The SMILES string of the molecule is O=[N+]([O-])c1ccc(Cl)c(F)n1. The highest BCUT2D eigenvalue weighted by atomic mass is 35.5. The standard InChI is InChI=1S/C5H2ClFN2O2/c6-3-1-2-4(9(10)11)8-5(3)7/h1-2H. The van der Waals surface area contributed by atoms with Crippen molar-refractivity contribution in [2.75, 3.05) is 0 Å². The predicted octanol–water partition coefficient (Wildman–Crippen LogP) is 1.78. The molecule has 1 rings (SSSR count). The minimum atomic E-state index is -1.03. The lowest BCUT2D eigenvalue weighted by Crippen LogP contribution is -1.93. The van der Waals surface area contributed by atoms with Crippen molar-refractivity contribution in [3.63, 3.8) is 0 Å². The molecule has 0 unspecified atom stereocenters. The lowest BCUT2D eigenvalue weighted by Gasteiger charge is -1.90. The normalized spacial score (nSPS) is 9.64. The Bertz CT molecular complexity index is 305. The number of nitro groups is 1. The lowest BCUT2D eigenvalue weighted by molar-refractivity contribution is -0.389. The molecule has 0 fully saturated rings. The minimum Gasteiger partial charge on any atom is -0.358 e. The molecular formula is C5H2ClFN2O2. The monoisotopic (exact) mass is 176 g/mol. The quantitative estimate of drug-likeness (QED) is 0.372. The van der Waals surface area contributed by atoms with Crippen LogP contribution in [0.15, 0.2) is 12.1 Å². The van der Waals surface area contributed by atoms with Crippen molar-refractivity contribution in [2.45, 2.75) is 0 Å². The summed E-state index contributed by atoms with van der Waals surface area (Å²) in [7, 11) is 0. The predicted molar refractivity (Wildman–Crippen MR) is 35.9 cm³/mol. The Morgan fingerprint density at radius 2 is 2.27 bits per heavy atom. The van der Waals surface area contributed by atoms with Crippen molar-refractivity contribution < 1.29 is 9.31 Å². The fourth-order valence-electron chi connectivity index (χ4n) is 0.509. The molecule has 58 valence electrons. The van der Waals surface area contributed by atoms with E-state index in [1.165, 1.54) is 0 Å². The van der Waals surface area contributed by atoms with E-state index in [-0.39, 0.29) is 5.02 Å². The van der Waals surface area contributed by atoms with Crippen LogP contribution in [-0.4, -0.2) is 9.91 Å². The van der Waals surface area contributed by atoms with Gasteiger partial charge in [0.25, 0.3) is 0 Å². The van der Waals surface area contributed by atoms with Crippen LogP contribution in [0, 0.1) is 16.1 Å². The molecule has 0 amide bonds. The summed E-state index contributed by atoms with van der Waals surface area (Å²) in [4.78, 5) is 12.2. The van der Waals surface area contributed by atoms with E-state index in [4.69, 9.17) is 11.6 Å². The van der Waals surface area contributed by atoms with Crippen molar-refractivity contribution in [3.8, 4) is 0 Å². The van der Waals surface area contributed by atoms with Crippen molar-refractivity contribution in [3.05, 3.63) is 33.2 Å². The Hall–Kier alpha value is -1.23. The van der Waals surface area contributed by atoms with Crippen molar-refractivity contribution in [1.29, 1.82) is 0 Å². The molecule has 4 nitrogen and oxygen atoms in total. The van der Waals surface area contributed by atoms with Gasteiger partial charge in [-0.05, 0) is 16.0 Å². The molecule has 0 bridgehead atoms. The maximum atomic E-state index is 12.4. The van der Waals surface area contributed by atoms with E-state index in [9.17, 15) is 14.5 Å². The fourth-order valence-corrected chi connectivity index (χ4v) is 0.615. The van der Waals surface area contributed by atoms with Crippen LogP contribution in [0.4, 0.5) is 10.2 Å². The van der Waals surface area contributed by atoms with Crippen LogP contribution >= 0.6 is 11.6 Å².